The van der Waals surface area contributed by atoms with Crippen LogP contribution in [0, 0.1) is 6.92 Å². The lowest BCUT2D eigenvalue weighted by Gasteiger charge is -2.12. The number of nitrogens with zero attached hydrogens (tertiary/aromatic N) is 1. The van der Waals surface area contributed by atoms with E-state index >= 15 is 0 Å². The zero-order valence-electron chi connectivity index (χ0n) is 14.6. The van der Waals surface area contributed by atoms with Gasteiger partial charge in [-0.25, -0.2) is 0 Å². The molecule has 0 spiro atoms. The molecule has 1 aliphatic heterocycles. The van der Waals surface area contributed by atoms with Gasteiger partial charge in [-0.1, -0.05) is 12.1 Å². The highest BCUT2D eigenvalue weighted by atomic mass is 19.4. The van der Waals surface area contributed by atoms with E-state index < -0.39 is 29.3 Å². The van der Waals surface area contributed by atoms with Crippen molar-refractivity contribution in [3.63, 3.8) is 0 Å². The maximum absolute atomic E-state index is 12.9. The molecular weight excluding hydrogens is 349 g/mol. The van der Waals surface area contributed by atoms with Crippen molar-refractivity contribution in [2.75, 3.05) is 20.1 Å². The summed E-state index contributed by atoms with van der Waals surface area (Å²) in [6, 6.07) is 4.30. The van der Waals surface area contributed by atoms with Crippen LogP contribution in [0.1, 0.15) is 29.5 Å². The molecule has 0 atom stereocenters. The van der Waals surface area contributed by atoms with E-state index in [1.165, 1.54) is 24.9 Å². The third-order valence-electron chi connectivity index (χ3n) is 4.29. The first kappa shape index (κ1) is 19.8. The van der Waals surface area contributed by atoms with Gasteiger partial charge in [0.05, 0.1) is 17.7 Å². The predicted molar refractivity (Wildman–Crippen MR) is 89.4 cm³/mol. The van der Waals surface area contributed by atoms with E-state index in [1.807, 2.05) is 0 Å². The van der Waals surface area contributed by atoms with Gasteiger partial charge in [-0.2, -0.15) is 13.2 Å². The number of aliphatic hydroxyl groups is 1. The molecule has 1 aliphatic rings. The van der Waals surface area contributed by atoms with E-state index in [4.69, 9.17) is 0 Å². The molecule has 0 unspecified atom stereocenters. The first-order chi connectivity index (χ1) is 12.1. The second kappa shape index (κ2) is 7.80. The van der Waals surface area contributed by atoms with E-state index in [-0.39, 0.29) is 17.7 Å². The molecule has 1 heterocycles. The van der Waals surface area contributed by atoms with E-state index in [0.717, 1.165) is 6.07 Å². The Kier molecular flexibility index (Phi) is 5.94. The van der Waals surface area contributed by atoms with Crippen LogP contribution in [0.5, 0.6) is 0 Å². The van der Waals surface area contributed by atoms with Crippen LogP contribution in [0.2, 0.25) is 0 Å². The van der Waals surface area contributed by atoms with Gasteiger partial charge in [0.1, 0.15) is 0 Å². The highest BCUT2D eigenvalue weighted by Crippen LogP contribution is 2.32. The topological polar surface area (TPSA) is 69.6 Å². The molecule has 1 aromatic rings. The van der Waals surface area contributed by atoms with Gasteiger partial charge in [-0.3, -0.25) is 9.59 Å². The number of nitrogens with one attached hydrogen (secondary N) is 1. The molecule has 0 saturated heterocycles. The lowest BCUT2D eigenvalue weighted by Crippen LogP contribution is -2.29. The van der Waals surface area contributed by atoms with Crippen LogP contribution in [0.3, 0.4) is 0 Å². The minimum absolute atomic E-state index is 0.0332. The number of unbranched alkanes of at least 4 members (excludes halogenated alkanes) is 1. The molecule has 2 rings (SSSR count). The number of carbonyl (C=O) groups excluding carboxylic acids is 2. The number of carbonyl (C=O) groups is 2. The van der Waals surface area contributed by atoms with Crippen molar-refractivity contribution in [1.82, 2.24) is 10.2 Å². The number of hydrogen-bond acceptors (Lipinski definition) is 3. The Morgan fingerprint density at radius 1 is 1.31 bits per heavy atom. The second-order valence-corrected chi connectivity index (χ2v) is 6.35. The van der Waals surface area contributed by atoms with Gasteiger partial charge in [0, 0.05) is 13.6 Å². The van der Waals surface area contributed by atoms with Gasteiger partial charge in [-0.05, 0) is 43.4 Å². The fourth-order valence-electron chi connectivity index (χ4n) is 2.77. The van der Waals surface area contributed by atoms with Gasteiger partial charge < -0.3 is 15.3 Å². The zero-order valence-corrected chi connectivity index (χ0v) is 14.6. The summed E-state index contributed by atoms with van der Waals surface area (Å²) in [6.07, 6.45) is -2.73. The van der Waals surface area contributed by atoms with E-state index in [9.17, 15) is 27.9 Å². The molecule has 0 saturated carbocycles. The Labute approximate surface area is 149 Å². The average Bonchev–Trinajstić information content (AvgIpc) is 2.82. The highest BCUT2D eigenvalue weighted by Gasteiger charge is 2.32. The summed E-state index contributed by atoms with van der Waals surface area (Å²) >= 11 is 0. The SMILES string of the molecule is Cc1ccc(CCCCNC(=O)C2=C(O)C(=O)N(C)C2)cc1C(F)(F)F. The maximum Gasteiger partial charge on any atom is 0.416 e. The number of amides is 2. The molecule has 26 heavy (non-hydrogen) atoms. The number of halogens is 3. The Bertz CT molecular complexity index is 742. The van der Waals surface area contributed by atoms with Crippen LogP contribution in [0.15, 0.2) is 29.5 Å². The molecule has 1 aromatic carbocycles. The van der Waals surface area contributed by atoms with Crippen LogP contribution >= 0.6 is 0 Å². The van der Waals surface area contributed by atoms with Crippen LogP contribution in [-0.4, -0.2) is 42.0 Å². The quantitative estimate of drug-likeness (QED) is 0.757. The number of aliphatic hydroxyl groups excluding tert-OH is 1. The Hall–Kier alpha value is -2.51. The number of aryl methyl sites for hydroxylation is 2. The monoisotopic (exact) mass is 370 g/mol. The van der Waals surface area contributed by atoms with Crippen molar-refractivity contribution in [3.05, 3.63) is 46.2 Å². The first-order valence-electron chi connectivity index (χ1n) is 8.23. The molecule has 0 aromatic heterocycles. The number of benzene rings is 1. The summed E-state index contributed by atoms with van der Waals surface area (Å²) in [4.78, 5) is 24.6. The van der Waals surface area contributed by atoms with Crippen molar-refractivity contribution in [3.8, 4) is 0 Å². The number of alkyl halides is 3. The van der Waals surface area contributed by atoms with Crippen LogP contribution in [0.4, 0.5) is 13.2 Å². The van der Waals surface area contributed by atoms with Crippen LogP contribution in [0.25, 0.3) is 0 Å². The fraction of sp³-hybridized carbons (Fsp3) is 0.444. The third-order valence-corrected chi connectivity index (χ3v) is 4.29. The largest absolute Gasteiger partial charge is 0.503 e. The van der Waals surface area contributed by atoms with Gasteiger partial charge >= 0.3 is 6.18 Å². The van der Waals surface area contributed by atoms with Crippen molar-refractivity contribution in [1.29, 1.82) is 0 Å². The van der Waals surface area contributed by atoms with Crippen LogP contribution in [-0.2, 0) is 22.2 Å². The molecule has 142 valence electrons. The zero-order chi connectivity index (χ0) is 19.5. The smallest absolute Gasteiger partial charge is 0.416 e. The summed E-state index contributed by atoms with van der Waals surface area (Å²) in [5.41, 5.74) is 0.196. The molecule has 0 radical (unpaired) electrons. The minimum atomic E-state index is -4.37. The Balaban J connectivity index is 1.80. The lowest BCUT2D eigenvalue weighted by molar-refractivity contribution is -0.138. The lowest BCUT2D eigenvalue weighted by atomic mass is 10.0. The molecular formula is C18H21F3N2O3. The summed E-state index contributed by atoms with van der Waals surface area (Å²) in [7, 11) is 1.48. The summed E-state index contributed by atoms with van der Waals surface area (Å²) in [5.74, 6) is -1.63. The average molecular weight is 370 g/mol. The molecule has 0 fully saturated rings. The Morgan fingerprint density at radius 2 is 2.00 bits per heavy atom. The van der Waals surface area contributed by atoms with E-state index in [2.05, 4.69) is 5.32 Å². The predicted octanol–water partition coefficient (Wildman–Crippen LogP) is 2.74. The Morgan fingerprint density at radius 3 is 2.58 bits per heavy atom. The van der Waals surface area contributed by atoms with Crippen molar-refractivity contribution in [2.45, 2.75) is 32.4 Å². The summed E-state index contributed by atoms with van der Waals surface area (Å²) < 4.78 is 38.7. The first-order valence-corrected chi connectivity index (χ1v) is 8.23. The number of likely N-dealkylation sites (N-methyl/N-ethyl adjacent to an activating group) is 1. The van der Waals surface area contributed by atoms with Crippen molar-refractivity contribution < 1.29 is 27.9 Å². The van der Waals surface area contributed by atoms with Gasteiger partial charge in [0.15, 0.2) is 5.76 Å². The number of rotatable bonds is 6. The molecule has 8 heteroatoms. The van der Waals surface area contributed by atoms with Crippen molar-refractivity contribution >= 4 is 11.8 Å². The van der Waals surface area contributed by atoms with Gasteiger partial charge in [0.25, 0.3) is 11.8 Å². The minimum Gasteiger partial charge on any atom is -0.503 e. The molecule has 0 aliphatic carbocycles. The molecule has 0 bridgehead atoms. The van der Waals surface area contributed by atoms with Crippen LogP contribution < -0.4 is 5.32 Å². The molecule has 5 nitrogen and oxygen atoms in total. The van der Waals surface area contributed by atoms with Gasteiger partial charge in [-0.15, -0.1) is 0 Å². The van der Waals surface area contributed by atoms with E-state index in [1.54, 1.807) is 6.07 Å². The summed E-state index contributed by atoms with van der Waals surface area (Å²) in [5, 5.41) is 12.2. The highest BCUT2D eigenvalue weighted by molar-refractivity contribution is 6.06. The maximum atomic E-state index is 12.9. The normalized spacial score (nSPS) is 15.0. The molecule has 2 amide bonds. The van der Waals surface area contributed by atoms with E-state index in [0.29, 0.717) is 31.4 Å². The van der Waals surface area contributed by atoms with Crippen molar-refractivity contribution in [2.24, 2.45) is 0 Å². The number of hydrogen-bond donors (Lipinski definition) is 2. The van der Waals surface area contributed by atoms with Gasteiger partial charge in [0.2, 0.25) is 0 Å². The molecule has 2 N–H and O–H groups in total. The second-order valence-electron chi connectivity index (χ2n) is 6.35. The standard InChI is InChI=1S/C18H21F3N2O3/c1-11-6-7-12(9-14(11)18(19,20)21)5-3-4-8-22-16(25)13-10-23(2)17(26)15(13)24/h6-7,9,24H,3-5,8,10H2,1-2H3,(H,22,25). The summed E-state index contributed by atoms with van der Waals surface area (Å²) in [6.45, 7) is 1.79. The third kappa shape index (κ3) is 4.56. The fourth-order valence-corrected chi connectivity index (χ4v) is 2.77.